The van der Waals surface area contributed by atoms with E-state index in [2.05, 4.69) is 41.7 Å². The molecule has 29 heavy (non-hydrogen) atoms. The number of rotatable bonds is 7. The number of carbonyl (C=O) groups is 1. The number of nitro benzene ring substituents is 1. The Morgan fingerprint density at radius 2 is 2.14 bits per heavy atom. The van der Waals surface area contributed by atoms with Gasteiger partial charge in [0.1, 0.15) is 0 Å². The number of thiazole rings is 1. The molecular formula is C21H22N4O3S. The van der Waals surface area contributed by atoms with Crippen LogP contribution in [0.4, 0.5) is 10.8 Å². The molecule has 0 spiro atoms. The molecule has 0 unspecified atom stereocenters. The fraction of sp³-hybridized carbons (Fsp3) is 0.238. The number of non-ortho nitro benzene ring substituents is 1. The van der Waals surface area contributed by atoms with Crippen molar-refractivity contribution in [3.63, 3.8) is 0 Å². The van der Waals surface area contributed by atoms with Crippen LogP contribution < -0.4 is 5.32 Å². The van der Waals surface area contributed by atoms with Crippen LogP contribution in [0, 0.1) is 24.0 Å². The van der Waals surface area contributed by atoms with Gasteiger partial charge in [-0.15, -0.1) is 11.3 Å². The zero-order valence-electron chi connectivity index (χ0n) is 16.5. The minimum Gasteiger partial charge on any atom is -0.348 e. The number of aryl methyl sites for hydroxylation is 1. The first-order valence-electron chi connectivity index (χ1n) is 9.25. The second-order valence-corrected chi connectivity index (χ2v) is 7.51. The number of amides is 1. The molecule has 2 heterocycles. The molecule has 0 atom stereocenters. The molecule has 1 N–H and O–H groups in total. The topological polar surface area (TPSA) is 90.1 Å². The van der Waals surface area contributed by atoms with Crippen LogP contribution >= 0.6 is 11.3 Å². The van der Waals surface area contributed by atoms with Gasteiger partial charge in [-0.1, -0.05) is 19.1 Å². The molecule has 1 amide bonds. The number of nitrogens with one attached hydrogen (secondary N) is 1. The lowest BCUT2D eigenvalue weighted by atomic mass is 10.2. The maximum atomic E-state index is 12.2. The summed E-state index contributed by atoms with van der Waals surface area (Å²) in [5, 5.41) is 16.0. The summed E-state index contributed by atoms with van der Waals surface area (Å²) in [5.74, 6) is -0.339. The molecule has 0 fully saturated rings. The van der Waals surface area contributed by atoms with Crippen molar-refractivity contribution in [2.75, 3.05) is 5.32 Å². The van der Waals surface area contributed by atoms with Gasteiger partial charge in [-0.2, -0.15) is 0 Å². The maximum Gasteiger partial charge on any atom is 0.270 e. The van der Waals surface area contributed by atoms with Crippen LogP contribution in [-0.4, -0.2) is 20.4 Å². The second-order valence-electron chi connectivity index (χ2n) is 6.65. The average molecular weight is 410 g/mol. The first kappa shape index (κ1) is 20.5. The molecule has 0 radical (unpaired) electrons. The fourth-order valence-electron chi connectivity index (χ4n) is 3.14. The van der Waals surface area contributed by atoms with E-state index in [9.17, 15) is 14.9 Å². The summed E-state index contributed by atoms with van der Waals surface area (Å²) < 4.78 is 2.27. The van der Waals surface area contributed by atoms with E-state index in [-0.39, 0.29) is 11.6 Å². The van der Waals surface area contributed by atoms with E-state index in [0.29, 0.717) is 10.7 Å². The van der Waals surface area contributed by atoms with E-state index in [4.69, 9.17) is 0 Å². The smallest absolute Gasteiger partial charge is 0.270 e. The van der Waals surface area contributed by atoms with Crippen molar-refractivity contribution >= 4 is 34.1 Å². The van der Waals surface area contributed by atoms with Crippen LogP contribution in [0.25, 0.3) is 17.3 Å². The number of aromatic nitrogens is 2. The zero-order valence-corrected chi connectivity index (χ0v) is 17.3. The summed E-state index contributed by atoms with van der Waals surface area (Å²) in [7, 11) is 0. The fourth-order valence-corrected chi connectivity index (χ4v) is 3.86. The number of anilines is 1. The Balaban J connectivity index is 1.70. The Morgan fingerprint density at radius 3 is 2.86 bits per heavy atom. The highest BCUT2D eigenvalue weighted by molar-refractivity contribution is 7.14. The highest BCUT2D eigenvalue weighted by Crippen LogP contribution is 2.30. The molecule has 0 saturated heterocycles. The zero-order chi connectivity index (χ0) is 21.0. The molecule has 7 nitrogen and oxygen atoms in total. The van der Waals surface area contributed by atoms with Crippen molar-refractivity contribution in [2.45, 2.75) is 33.7 Å². The first-order valence-corrected chi connectivity index (χ1v) is 10.1. The van der Waals surface area contributed by atoms with Crippen molar-refractivity contribution in [1.82, 2.24) is 9.55 Å². The predicted octanol–water partition coefficient (Wildman–Crippen LogP) is 5.20. The lowest BCUT2D eigenvalue weighted by Crippen LogP contribution is -2.07. The maximum absolute atomic E-state index is 12.2. The summed E-state index contributed by atoms with van der Waals surface area (Å²) in [5.41, 5.74) is 4.83. The lowest BCUT2D eigenvalue weighted by Gasteiger charge is -2.07. The van der Waals surface area contributed by atoms with Gasteiger partial charge in [-0.25, -0.2) is 4.98 Å². The van der Waals surface area contributed by atoms with Crippen molar-refractivity contribution in [3.05, 3.63) is 68.9 Å². The molecule has 0 aliphatic carbocycles. The largest absolute Gasteiger partial charge is 0.348 e. The van der Waals surface area contributed by atoms with Crippen molar-refractivity contribution in [1.29, 1.82) is 0 Å². The molecule has 0 aliphatic rings. The number of benzene rings is 1. The molecule has 2 aromatic heterocycles. The van der Waals surface area contributed by atoms with E-state index in [1.807, 2.05) is 5.38 Å². The quantitative estimate of drug-likeness (QED) is 0.329. The van der Waals surface area contributed by atoms with Gasteiger partial charge >= 0.3 is 0 Å². The van der Waals surface area contributed by atoms with Gasteiger partial charge in [-0.3, -0.25) is 20.2 Å². The van der Waals surface area contributed by atoms with E-state index >= 15 is 0 Å². The minimum absolute atomic E-state index is 0.0159. The van der Waals surface area contributed by atoms with Crippen LogP contribution in [0.15, 0.2) is 41.8 Å². The van der Waals surface area contributed by atoms with E-state index < -0.39 is 4.92 Å². The van der Waals surface area contributed by atoms with Gasteiger partial charge in [0.15, 0.2) is 5.13 Å². The highest BCUT2D eigenvalue weighted by Gasteiger charge is 2.14. The molecule has 3 aromatic rings. The summed E-state index contributed by atoms with van der Waals surface area (Å²) in [4.78, 5) is 27.1. The Bertz CT molecular complexity index is 1080. The number of nitrogens with zero attached hydrogens (tertiary/aromatic N) is 3. The molecule has 0 bridgehead atoms. The number of hydrogen-bond donors (Lipinski definition) is 1. The third kappa shape index (κ3) is 4.78. The Kier molecular flexibility index (Phi) is 6.23. The monoisotopic (exact) mass is 410 g/mol. The van der Waals surface area contributed by atoms with Gasteiger partial charge in [0.2, 0.25) is 5.91 Å². The van der Waals surface area contributed by atoms with Gasteiger partial charge in [0, 0.05) is 47.1 Å². The minimum atomic E-state index is -0.466. The number of hydrogen-bond acceptors (Lipinski definition) is 5. The van der Waals surface area contributed by atoms with Crippen molar-refractivity contribution in [3.8, 4) is 11.3 Å². The number of carbonyl (C=O) groups excluding carboxylic acids is 1. The molecule has 8 heteroatoms. The summed E-state index contributed by atoms with van der Waals surface area (Å²) in [6, 6.07) is 8.22. The molecular weight excluding hydrogens is 388 g/mol. The van der Waals surface area contributed by atoms with Gasteiger partial charge < -0.3 is 4.57 Å². The Morgan fingerprint density at radius 1 is 1.34 bits per heavy atom. The molecule has 150 valence electrons. The van der Waals surface area contributed by atoms with Crippen LogP contribution in [0.3, 0.4) is 0 Å². The normalized spacial score (nSPS) is 11.1. The molecule has 0 saturated carbocycles. The number of nitro groups is 1. The SMILES string of the molecule is CCCn1c(C)cc(-c2csc(NC(=O)/C=C/c3cccc([N+](=O)[O-])c3)n2)c1C. The predicted molar refractivity (Wildman–Crippen MR) is 116 cm³/mol. The lowest BCUT2D eigenvalue weighted by molar-refractivity contribution is -0.384. The van der Waals surface area contributed by atoms with Crippen molar-refractivity contribution in [2.24, 2.45) is 0 Å². The van der Waals surface area contributed by atoms with E-state index in [1.54, 1.807) is 12.1 Å². The summed E-state index contributed by atoms with van der Waals surface area (Å²) >= 11 is 1.36. The third-order valence-corrected chi connectivity index (χ3v) is 5.30. The first-order chi connectivity index (χ1) is 13.9. The van der Waals surface area contributed by atoms with Crippen LogP contribution in [0.5, 0.6) is 0 Å². The third-order valence-electron chi connectivity index (χ3n) is 4.54. The van der Waals surface area contributed by atoms with Crippen LogP contribution in [-0.2, 0) is 11.3 Å². The van der Waals surface area contributed by atoms with Gasteiger partial charge in [0.05, 0.1) is 10.6 Å². The molecule has 1 aromatic carbocycles. The Labute approximate surface area is 172 Å². The van der Waals surface area contributed by atoms with Gasteiger partial charge in [-0.05, 0) is 38.0 Å². The Hall–Kier alpha value is -3.26. The van der Waals surface area contributed by atoms with Gasteiger partial charge in [0.25, 0.3) is 5.69 Å². The van der Waals surface area contributed by atoms with E-state index in [1.165, 1.54) is 41.3 Å². The highest BCUT2D eigenvalue weighted by atomic mass is 32.1. The van der Waals surface area contributed by atoms with E-state index in [0.717, 1.165) is 29.9 Å². The summed E-state index contributed by atoms with van der Waals surface area (Å²) in [6.07, 6.45) is 3.94. The van der Waals surface area contributed by atoms with Crippen molar-refractivity contribution < 1.29 is 9.72 Å². The van der Waals surface area contributed by atoms with Crippen LogP contribution in [0.2, 0.25) is 0 Å². The standard InChI is InChI=1S/C21H22N4O3S/c1-4-10-24-14(2)11-18(15(24)3)19-13-29-21(22-19)23-20(26)9-8-16-6-5-7-17(12-16)25(27)28/h5-9,11-13H,4,10H2,1-3H3,(H,22,23,26)/b9-8+. The second kappa shape index (κ2) is 8.83. The molecule has 0 aliphatic heterocycles. The molecule has 3 rings (SSSR count). The average Bonchev–Trinajstić information content (AvgIpc) is 3.26. The summed E-state index contributed by atoms with van der Waals surface area (Å²) in [6.45, 7) is 7.28. The van der Waals surface area contributed by atoms with Crippen LogP contribution in [0.1, 0.15) is 30.3 Å².